The molecule has 2 aromatic heterocycles. The molecule has 1 aromatic carbocycles. The maximum absolute atomic E-state index is 12.9. The van der Waals surface area contributed by atoms with Gasteiger partial charge in [-0.15, -0.1) is 5.10 Å². The van der Waals surface area contributed by atoms with Gasteiger partial charge in [0.1, 0.15) is 5.52 Å². The number of hydrogen-bond donors (Lipinski definition) is 1. The molecule has 1 aliphatic rings. The number of nitrogens with zero attached hydrogens (tertiary/aromatic N) is 4. The number of fused-ring (bicyclic) bond motifs is 1. The average molecular weight is 413 g/mol. The Bertz CT molecular complexity index is 1140. The van der Waals surface area contributed by atoms with Crippen LogP contribution in [0.4, 0.5) is 19.0 Å². The summed E-state index contributed by atoms with van der Waals surface area (Å²) in [6.07, 6.45) is -2.01. The SMILES string of the molecule is CC#CC(=O)NC1CCN(c2nn(-c3ccc(C(F)(F)F)cc3)c3cccnc23)C1. The first-order valence-corrected chi connectivity index (χ1v) is 9.36. The zero-order chi connectivity index (χ0) is 21.3. The van der Waals surface area contributed by atoms with Gasteiger partial charge in [0.15, 0.2) is 5.82 Å². The standard InChI is InChI=1S/C21H18F3N5O/c1-2-4-18(30)26-15-10-12-28(13-15)20-19-17(5-3-11-25-19)29(27-20)16-8-6-14(7-9-16)21(22,23)24/h3,5-9,11,15H,10,12-13H2,1H3,(H,26,30). The van der Waals surface area contributed by atoms with Gasteiger partial charge >= 0.3 is 6.18 Å². The molecule has 30 heavy (non-hydrogen) atoms. The number of rotatable bonds is 3. The number of nitrogens with one attached hydrogen (secondary N) is 1. The second-order valence-corrected chi connectivity index (χ2v) is 6.93. The van der Waals surface area contributed by atoms with Crippen molar-refractivity contribution < 1.29 is 18.0 Å². The number of amides is 1. The second-order valence-electron chi connectivity index (χ2n) is 6.93. The van der Waals surface area contributed by atoms with E-state index in [9.17, 15) is 18.0 Å². The fourth-order valence-corrected chi connectivity index (χ4v) is 3.54. The number of alkyl halides is 3. The van der Waals surface area contributed by atoms with E-state index < -0.39 is 11.7 Å². The fraction of sp³-hybridized carbons (Fsp3) is 0.286. The van der Waals surface area contributed by atoms with Crippen LogP contribution in [0.15, 0.2) is 42.6 Å². The quantitative estimate of drug-likeness (QED) is 0.670. The van der Waals surface area contributed by atoms with Crippen molar-refractivity contribution in [1.29, 1.82) is 0 Å². The summed E-state index contributed by atoms with van der Waals surface area (Å²) < 4.78 is 40.2. The van der Waals surface area contributed by atoms with Crippen molar-refractivity contribution in [1.82, 2.24) is 20.1 Å². The van der Waals surface area contributed by atoms with Gasteiger partial charge in [-0.25, -0.2) is 4.68 Å². The van der Waals surface area contributed by atoms with E-state index in [2.05, 4.69) is 27.2 Å². The molecule has 1 fully saturated rings. The predicted molar refractivity (Wildman–Crippen MR) is 106 cm³/mol. The molecule has 0 bridgehead atoms. The summed E-state index contributed by atoms with van der Waals surface area (Å²) in [7, 11) is 0. The molecule has 1 amide bonds. The minimum Gasteiger partial charge on any atom is -0.351 e. The molecule has 154 valence electrons. The highest BCUT2D eigenvalue weighted by Gasteiger charge is 2.31. The Morgan fingerprint density at radius 2 is 2.00 bits per heavy atom. The van der Waals surface area contributed by atoms with Crippen molar-refractivity contribution in [3.63, 3.8) is 0 Å². The fourth-order valence-electron chi connectivity index (χ4n) is 3.54. The summed E-state index contributed by atoms with van der Waals surface area (Å²) in [6.45, 7) is 2.82. The smallest absolute Gasteiger partial charge is 0.351 e. The molecule has 0 saturated carbocycles. The van der Waals surface area contributed by atoms with Crippen LogP contribution in [0.2, 0.25) is 0 Å². The van der Waals surface area contributed by atoms with Gasteiger partial charge in [-0.05, 0) is 55.7 Å². The van der Waals surface area contributed by atoms with Crippen LogP contribution in [0.5, 0.6) is 0 Å². The number of halogens is 3. The maximum atomic E-state index is 12.9. The number of anilines is 1. The zero-order valence-corrected chi connectivity index (χ0v) is 16.1. The summed E-state index contributed by atoms with van der Waals surface area (Å²) in [5, 5.41) is 7.51. The van der Waals surface area contributed by atoms with Gasteiger partial charge in [-0.1, -0.05) is 5.92 Å². The molecule has 1 unspecified atom stereocenters. The van der Waals surface area contributed by atoms with Gasteiger partial charge in [0.05, 0.1) is 16.8 Å². The molecular formula is C21H18F3N5O. The van der Waals surface area contributed by atoms with E-state index in [-0.39, 0.29) is 11.9 Å². The van der Waals surface area contributed by atoms with E-state index in [0.717, 1.165) is 18.6 Å². The number of carbonyl (C=O) groups is 1. The number of hydrogen-bond acceptors (Lipinski definition) is 4. The highest BCUT2D eigenvalue weighted by molar-refractivity contribution is 5.93. The van der Waals surface area contributed by atoms with E-state index in [4.69, 9.17) is 0 Å². The monoisotopic (exact) mass is 413 g/mol. The van der Waals surface area contributed by atoms with Crippen molar-refractivity contribution in [2.45, 2.75) is 25.6 Å². The van der Waals surface area contributed by atoms with Gasteiger partial charge in [-0.3, -0.25) is 9.78 Å². The molecular weight excluding hydrogens is 395 g/mol. The van der Waals surface area contributed by atoms with Crippen LogP contribution in [0.25, 0.3) is 16.7 Å². The molecule has 0 radical (unpaired) electrons. The lowest BCUT2D eigenvalue weighted by atomic mass is 10.2. The highest BCUT2D eigenvalue weighted by Crippen LogP contribution is 2.32. The molecule has 1 atom stereocenters. The summed E-state index contributed by atoms with van der Waals surface area (Å²) in [6, 6.07) is 8.37. The lowest BCUT2D eigenvalue weighted by molar-refractivity contribution is -0.137. The first kappa shape index (κ1) is 19.8. The first-order valence-electron chi connectivity index (χ1n) is 9.36. The Kier molecular flexibility index (Phi) is 5.08. The van der Waals surface area contributed by atoms with Crippen LogP contribution >= 0.6 is 0 Å². The largest absolute Gasteiger partial charge is 0.416 e. The van der Waals surface area contributed by atoms with Crippen LogP contribution in [-0.2, 0) is 11.0 Å². The van der Waals surface area contributed by atoms with E-state index >= 15 is 0 Å². The number of aromatic nitrogens is 3. The van der Waals surface area contributed by atoms with Gasteiger partial charge in [-0.2, -0.15) is 13.2 Å². The second kappa shape index (κ2) is 7.71. The van der Waals surface area contributed by atoms with Gasteiger partial charge in [0, 0.05) is 25.3 Å². The van der Waals surface area contributed by atoms with Crippen molar-refractivity contribution in [3.05, 3.63) is 48.2 Å². The van der Waals surface area contributed by atoms with Crippen LogP contribution in [-0.4, -0.2) is 39.8 Å². The minimum atomic E-state index is -4.39. The van der Waals surface area contributed by atoms with Crippen molar-refractivity contribution >= 4 is 22.8 Å². The normalized spacial score (nSPS) is 16.4. The van der Waals surface area contributed by atoms with Crippen molar-refractivity contribution in [2.24, 2.45) is 0 Å². The van der Waals surface area contributed by atoms with Crippen LogP contribution in [0, 0.1) is 11.8 Å². The summed E-state index contributed by atoms with van der Waals surface area (Å²) in [5.74, 6) is 5.35. The van der Waals surface area contributed by atoms with Gasteiger partial charge < -0.3 is 10.2 Å². The summed E-state index contributed by atoms with van der Waals surface area (Å²) in [4.78, 5) is 18.2. The van der Waals surface area contributed by atoms with Crippen LogP contribution in [0.1, 0.15) is 18.9 Å². The van der Waals surface area contributed by atoms with Gasteiger partial charge in [0.25, 0.3) is 5.91 Å². The third kappa shape index (κ3) is 3.81. The molecule has 0 spiro atoms. The molecule has 3 aromatic rings. The number of pyridine rings is 1. The highest BCUT2D eigenvalue weighted by atomic mass is 19.4. The Balaban J connectivity index is 1.65. The predicted octanol–water partition coefficient (Wildman–Crippen LogP) is 3.16. The molecule has 3 heterocycles. The van der Waals surface area contributed by atoms with Crippen molar-refractivity contribution in [3.8, 4) is 17.5 Å². The van der Waals surface area contributed by atoms with E-state index in [0.29, 0.717) is 35.6 Å². The molecule has 6 nitrogen and oxygen atoms in total. The third-order valence-corrected chi connectivity index (χ3v) is 4.92. The molecule has 0 aliphatic carbocycles. The molecule has 1 N–H and O–H groups in total. The lowest BCUT2D eigenvalue weighted by Gasteiger charge is -2.15. The number of carbonyl (C=O) groups excluding carboxylic acids is 1. The molecule has 9 heteroatoms. The summed E-state index contributed by atoms with van der Waals surface area (Å²) in [5.41, 5.74) is 1.14. The third-order valence-electron chi connectivity index (χ3n) is 4.92. The van der Waals surface area contributed by atoms with E-state index in [1.54, 1.807) is 23.9 Å². The first-order chi connectivity index (χ1) is 14.4. The Morgan fingerprint density at radius 3 is 2.70 bits per heavy atom. The molecule has 1 saturated heterocycles. The van der Waals surface area contributed by atoms with E-state index in [1.807, 2.05) is 11.0 Å². The van der Waals surface area contributed by atoms with E-state index in [1.165, 1.54) is 12.1 Å². The Labute approximate surface area is 170 Å². The Morgan fingerprint density at radius 1 is 1.23 bits per heavy atom. The summed E-state index contributed by atoms with van der Waals surface area (Å²) >= 11 is 0. The zero-order valence-electron chi connectivity index (χ0n) is 16.1. The average Bonchev–Trinajstić information content (AvgIpc) is 3.32. The minimum absolute atomic E-state index is 0.0617. The number of benzene rings is 1. The van der Waals surface area contributed by atoms with Crippen LogP contribution in [0.3, 0.4) is 0 Å². The molecule has 4 rings (SSSR count). The Hall–Kier alpha value is -3.54. The maximum Gasteiger partial charge on any atom is 0.416 e. The van der Waals surface area contributed by atoms with Crippen LogP contribution < -0.4 is 10.2 Å². The lowest BCUT2D eigenvalue weighted by Crippen LogP contribution is -2.36. The topological polar surface area (TPSA) is 63.1 Å². The molecule has 1 aliphatic heterocycles. The van der Waals surface area contributed by atoms with Gasteiger partial charge in [0.2, 0.25) is 0 Å². The van der Waals surface area contributed by atoms with Crippen molar-refractivity contribution in [2.75, 3.05) is 18.0 Å².